The average molecular weight is 388 g/mol. The predicted molar refractivity (Wildman–Crippen MR) is 99.8 cm³/mol. The highest BCUT2D eigenvalue weighted by Crippen LogP contribution is 2.36. The fourth-order valence-electron chi connectivity index (χ4n) is 3.98. The van der Waals surface area contributed by atoms with Gasteiger partial charge in [0.25, 0.3) is 5.91 Å². The fraction of sp³-hybridized carbons (Fsp3) is 0.524. The summed E-state index contributed by atoms with van der Waals surface area (Å²) in [6.45, 7) is 5.60. The molecule has 150 valence electrons. The zero-order valence-corrected chi connectivity index (χ0v) is 16.2. The molecule has 1 aromatic carbocycles. The van der Waals surface area contributed by atoms with Gasteiger partial charge < -0.3 is 18.9 Å². The van der Waals surface area contributed by atoms with Crippen LogP contribution < -0.4 is 4.74 Å². The SMILES string of the molecule is CC(C)c1cc(C(=O)N2CCC[C@@]3(C[C@@H](Oc4cccc(F)c4)CO3)C2)on1. The first-order chi connectivity index (χ1) is 13.4. The molecule has 3 heterocycles. The van der Waals surface area contributed by atoms with Gasteiger partial charge in [0, 0.05) is 25.1 Å². The number of hydrogen-bond donors (Lipinski definition) is 0. The Balaban J connectivity index is 1.41. The van der Waals surface area contributed by atoms with E-state index in [0.29, 0.717) is 31.9 Å². The number of ether oxygens (including phenoxy) is 2. The average Bonchev–Trinajstić information content (AvgIpc) is 3.29. The lowest BCUT2D eigenvalue weighted by molar-refractivity contribution is -0.0460. The second-order valence-electron chi connectivity index (χ2n) is 8.00. The number of carbonyl (C=O) groups excluding carboxylic acids is 1. The monoisotopic (exact) mass is 388 g/mol. The van der Waals surface area contributed by atoms with Gasteiger partial charge in [-0.15, -0.1) is 0 Å². The van der Waals surface area contributed by atoms with Gasteiger partial charge in [-0.25, -0.2) is 4.39 Å². The van der Waals surface area contributed by atoms with Crippen LogP contribution in [0.4, 0.5) is 4.39 Å². The molecule has 6 nitrogen and oxygen atoms in total. The van der Waals surface area contributed by atoms with Crippen molar-refractivity contribution in [3.63, 3.8) is 0 Å². The minimum absolute atomic E-state index is 0.156. The zero-order valence-electron chi connectivity index (χ0n) is 16.2. The number of nitrogens with zero attached hydrogens (tertiary/aromatic N) is 2. The summed E-state index contributed by atoms with van der Waals surface area (Å²) < 4.78 is 30.6. The fourth-order valence-corrected chi connectivity index (χ4v) is 3.98. The molecule has 2 aliphatic rings. The summed E-state index contributed by atoms with van der Waals surface area (Å²) in [5.41, 5.74) is 0.350. The lowest BCUT2D eigenvalue weighted by atomic mass is 9.89. The van der Waals surface area contributed by atoms with Gasteiger partial charge >= 0.3 is 0 Å². The van der Waals surface area contributed by atoms with E-state index in [9.17, 15) is 9.18 Å². The number of aromatic nitrogens is 1. The Bertz CT molecular complexity index is 852. The number of halogens is 1. The summed E-state index contributed by atoms with van der Waals surface area (Å²) in [5.74, 6) is 0.491. The van der Waals surface area contributed by atoms with Crippen molar-refractivity contribution in [3.8, 4) is 5.75 Å². The van der Waals surface area contributed by atoms with E-state index in [2.05, 4.69) is 5.16 Å². The largest absolute Gasteiger partial charge is 0.488 e. The Morgan fingerprint density at radius 3 is 3.00 bits per heavy atom. The Labute approximate surface area is 163 Å². The van der Waals surface area contributed by atoms with Crippen molar-refractivity contribution in [2.24, 2.45) is 0 Å². The third kappa shape index (κ3) is 3.90. The molecule has 0 saturated carbocycles. The Kier molecular flexibility index (Phi) is 5.10. The van der Waals surface area contributed by atoms with E-state index in [1.807, 2.05) is 13.8 Å². The third-order valence-electron chi connectivity index (χ3n) is 5.43. The summed E-state index contributed by atoms with van der Waals surface area (Å²) in [6.07, 6.45) is 2.23. The van der Waals surface area contributed by atoms with Crippen molar-refractivity contribution in [3.05, 3.63) is 47.6 Å². The van der Waals surface area contributed by atoms with Gasteiger partial charge in [0.2, 0.25) is 5.76 Å². The van der Waals surface area contributed by atoms with Gasteiger partial charge in [0.05, 0.1) is 24.4 Å². The van der Waals surface area contributed by atoms with E-state index < -0.39 is 5.60 Å². The quantitative estimate of drug-likeness (QED) is 0.798. The van der Waals surface area contributed by atoms with Crippen molar-refractivity contribution in [1.82, 2.24) is 10.1 Å². The molecule has 0 unspecified atom stereocenters. The first-order valence-electron chi connectivity index (χ1n) is 9.76. The van der Waals surface area contributed by atoms with Crippen LogP contribution in [0.1, 0.15) is 55.3 Å². The summed E-state index contributed by atoms with van der Waals surface area (Å²) in [7, 11) is 0. The van der Waals surface area contributed by atoms with Crippen LogP contribution in [0.25, 0.3) is 0 Å². The molecule has 2 saturated heterocycles. The van der Waals surface area contributed by atoms with Gasteiger partial charge in [-0.3, -0.25) is 4.79 Å². The lowest BCUT2D eigenvalue weighted by Crippen LogP contribution is -2.50. The molecule has 4 rings (SSSR count). The molecule has 0 aliphatic carbocycles. The maximum atomic E-state index is 13.4. The highest BCUT2D eigenvalue weighted by Gasteiger charge is 2.46. The molecule has 0 bridgehead atoms. The molecular formula is C21H25FN2O4. The molecule has 1 spiro atoms. The number of likely N-dealkylation sites (tertiary alicyclic amines) is 1. The summed E-state index contributed by atoms with van der Waals surface area (Å²) in [6, 6.07) is 7.84. The minimum atomic E-state index is -0.424. The molecule has 2 aliphatic heterocycles. The highest BCUT2D eigenvalue weighted by molar-refractivity contribution is 5.91. The normalized spacial score (nSPS) is 24.9. The topological polar surface area (TPSA) is 64.8 Å². The van der Waals surface area contributed by atoms with E-state index in [4.69, 9.17) is 14.0 Å². The number of amides is 1. The Morgan fingerprint density at radius 2 is 2.25 bits per heavy atom. The molecule has 2 fully saturated rings. The molecule has 0 N–H and O–H groups in total. The van der Waals surface area contributed by atoms with Crippen LogP contribution in [-0.4, -0.2) is 47.4 Å². The van der Waals surface area contributed by atoms with E-state index in [1.165, 1.54) is 12.1 Å². The van der Waals surface area contributed by atoms with Gasteiger partial charge in [-0.1, -0.05) is 25.1 Å². The molecule has 7 heteroatoms. The second kappa shape index (κ2) is 7.54. The van der Waals surface area contributed by atoms with Crippen molar-refractivity contribution in [1.29, 1.82) is 0 Å². The number of carbonyl (C=O) groups is 1. The molecule has 0 radical (unpaired) electrons. The van der Waals surface area contributed by atoms with Crippen LogP contribution in [0.3, 0.4) is 0 Å². The molecule has 28 heavy (non-hydrogen) atoms. The maximum absolute atomic E-state index is 13.4. The van der Waals surface area contributed by atoms with Gasteiger partial charge in [-0.05, 0) is 30.9 Å². The standard InChI is InChI=1S/C21H25FN2O4/c1-14(2)18-10-19(28-23-18)20(25)24-8-4-7-21(13-24)11-17(12-26-21)27-16-6-3-5-15(22)9-16/h3,5-6,9-10,14,17H,4,7-8,11-13H2,1-2H3/t17-,21-/m1/s1. The van der Waals surface area contributed by atoms with Crippen molar-refractivity contribution < 1.29 is 23.2 Å². The zero-order chi connectivity index (χ0) is 19.7. The smallest absolute Gasteiger partial charge is 0.292 e. The van der Waals surface area contributed by atoms with E-state index in [1.54, 1.807) is 23.1 Å². The first kappa shape index (κ1) is 18.9. The van der Waals surface area contributed by atoms with Gasteiger partial charge in [0.15, 0.2) is 0 Å². The molecule has 1 aromatic heterocycles. The van der Waals surface area contributed by atoms with Gasteiger partial charge in [-0.2, -0.15) is 0 Å². The summed E-state index contributed by atoms with van der Waals surface area (Å²) >= 11 is 0. The van der Waals surface area contributed by atoms with E-state index in [-0.39, 0.29) is 29.5 Å². The first-order valence-corrected chi connectivity index (χ1v) is 9.76. The predicted octanol–water partition coefficient (Wildman–Crippen LogP) is 3.78. The number of piperidine rings is 1. The maximum Gasteiger partial charge on any atom is 0.292 e. The van der Waals surface area contributed by atoms with Crippen molar-refractivity contribution in [2.45, 2.75) is 50.7 Å². The van der Waals surface area contributed by atoms with Gasteiger partial charge in [0.1, 0.15) is 17.7 Å². The molecule has 1 amide bonds. The van der Waals surface area contributed by atoms with Crippen LogP contribution >= 0.6 is 0 Å². The number of rotatable bonds is 4. The second-order valence-corrected chi connectivity index (χ2v) is 8.00. The van der Waals surface area contributed by atoms with Crippen molar-refractivity contribution in [2.75, 3.05) is 19.7 Å². The lowest BCUT2D eigenvalue weighted by Gasteiger charge is -2.39. The Morgan fingerprint density at radius 1 is 1.39 bits per heavy atom. The number of hydrogen-bond acceptors (Lipinski definition) is 5. The number of benzene rings is 1. The molecule has 2 atom stereocenters. The van der Waals surface area contributed by atoms with Crippen LogP contribution in [-0.2, 0) is 4.74 Å². The van der Waals surface area contributed by atoms with Crippen molar-refractivity contribution >= 4 is 5.91 Å². The van der Waals surface area contributed by atoms with E-state index >= 15 is 0 Å². The highest BCUT2D eigenvalue weighted by atomic mass is 19.1. The molecule has 2 aromatic rings. The van der Waals surface area contributed by atoms with Crippen LogP contribution in [0, 0.1) is 5.82 Å². The minimum Gasteiger partial charge on any atom is -0.488 e. The van der Waals surface area contributed by atoms with E-state index in [0.717, 1.165) is 18.5 Å². The third-order valence-corrected chi connectivity index (χ3v) is 5.43. The van der Waals surface area contributed by atoms with Crippen LogP contribution in [0.15, 0.2) is 34.9 Å². The van der Waals surface area contributed by atoms with Crippen LogP contribution in [0.2, 0.25) is 0 Å². The Hall–Kier alpha value is -2.41. The summed E-state index contributed by atoms with van der Waals surface area (Å²) in [4.78, 5) is 14.6. The summed E-state index contributed by atoms with van der Waals surface area (Å²) in [5, 5.41) is 3.98. The molecular weight excluding hydrogens is 363 g/mol. The van der Waals surface area contributed by atoms with Crippen LogP contribution in [0.5, 0.6) is 5.75 Å².